The van der Waals surface area contributed by atoms with Gasteiger partial charge in [0.1, 0.15) is 0 Å². The van der Waals surface area contributed by atoms with Gasteiger partial charge in [-0.25, -0.2) is 0 Å². The van der Waals surface area contributed by atoms with Crippen LogP contribution in [0.15, 0.2) is 17.5 Å². The molecule has 2 heterocycles. The molecule has 2 N–H and O–H groups in total. The summed E-state index contributed by atoms with van der Waals surface area (Å²) in [4.78, 5) is 15.5. The van der Waals surface area contributed by atoms with Crippen molar-refractivity contribution in [3.05, 3.63) is 22.4 Å². The monoisotopic (exact) mass is 266 g/mol. The highest BCUT2D eigenvalue weighted by molar-refractivity contribution is 7.09. The molecule has 1 aliphatic heterocycles. The van der Waals surface area contributed by atoms with Crippen LogP contribution in [-0.2, 0) is 11.2 Å². The van der Waals surface area contributed by atoms with E-state index in [2.05, 4.69) is 24.4 Å². The van der Waals surface area contributed by atoms with Gasteiger partial charge < -0.3 is 10.6 Å². The lowest BCUT2D eigenvalue weighted by atomic mass is 9.98. The topological polar surface area (TPSA) is 46.3 Å². The van der Waals surface area contributed by atoms with Crippen LogP contribution in [0.4, 0.5) is 0 Å². The van der Waals surface area contributed by atoms with E-state index in [0.717, 1.165) is 32.2 Å². The fraction of sp³-hybridized carbons (Fsp3) is 0.643. The number of likely N-dealkylation sites (tertiary alicyclic amines) is 1. The zero-order valence-corrected chi connectivity index (χ0v) is 11.8. The Balaban J connectivity index is 1.74. The summed E-state index contributed by atoms with van der Waals surface area (Å²) in [6.45, 7) is 2.94. The van der Waals surface area contributed by atoms with Crippen LogP contribution < -0.4 is 5.73 Å². The van der Waals surface area contributed by atoms with Crippen LogP contribution in [0.2, 0.25) is 0 Å². The maximum Gasteiger partial charge on any atom is 0.222 e. The average molecular weight is 266 g/mol. The van der Waals surface area contributed by atoms with E-state index in [0.29, 0.717) is 18.4 Å². The minimum absolute atomic E-state index is 0.273. The molecule has 0 aliphatic carbocycles. The van der Waals surface area contributed by atoms with Crippen molar-refractivity contribution in [3.8, 4) is 0 Å². The second-order valence-corrected chi connectivity index (χ2v) is 6.19. The van der Waals surface area contributed by atoms with E-state index in [1.807, 2.05) is 4.90 Å². The van der Waals surface area contributed by atoms with Gasteiger partial charge in [-0.1, -0.05) is 6.07 Å². The van der Waals surface area contributed by atoms with Crippen molar-refractivity contribution in [2.45, 2.75) is 51.1 Å². The van der Waals surface area contributed by atoms with Crippen LogP contribution >= 0.6 is 11.3 Å². The molecule has 1 fully saturated rings. The number of piperidine rings is 1. The Bertz CT molecular complexity index is 377. The molecule has 1 aromatic rings. The van der Waals surface area contributed by atoms with Gasteiger partial charge in [-0.3, -0.25) is 4.79 Å². The summed E-state index contributed by atoms with van der Waals surface area (Å²) in [5.74, 6) is 0.297. The molecule has 100 valence electrons. The van der Waals surface area contributed by atoms with Crippen LogP contribution in [0.25, 0.3) is 0 Å². The standard InChI is InChI=1S/C14H22N2OS/c1-11-10-12(15)7-8-16(11)14(17)6-2-4-13-5-3-9-18-13/h3,5,9,11-12H,2,4,6-8,10,15H2,1H3. The third-order valence-electron chi connectivity index (χ3n) is 3.63. The van der Waals surface area contributed by atoms with E-state index < -0.39 is 0 Å². The molecule has 1 aliphatic rings. The number of nitrogens with zero attached hydrogens (tertiary/aromatic N) is 1. The maximum absolute atomic E-state index is 12.1. The largest absolute Gasteiger partial charge is 0.340 e. The Labute approximate surface area is 113 Å². The number of hydrogen-bond donors (Lipinski definition) is 1. The van der Waals surface area contributed by atoms with Gasteiger partial charge in [0.25, 0.3) is 0 Å². The Kier molecular flexibility index (Phi) is 4.78. The van der Waals surface area contributed by atoms with Crippen molar-refractivity contribution in [3.63, 3.8) is 0 Å². The van der Waals surface area contributed by atoms with Crippen molar-refractivity contribution in [1.29, 1.82) is 0 Å². The number of thiophene rings is 1. The highest BCUT2D eigenvalue weighted by Crippen LogP contribution is 2.18. The fourth-order valence-electron chi connectivity index (χ4n) is 2.59. The molecule has 1 aromatic heterocycles. The van der Waals surface area contributed by atoms with Crippen LogP contribution in [0.5, 0.6) is 0 Å². The van der Waals surface area contributed by atoms with E-state index in [9.17, 15) is 4.79 Å². The molecule has 4 heteroatoms. The molecule has 1 amide bonds. The van der Waals surface area contributed by atoms with Crippen LogP contribution in [0.1, 0.15) is 37.5 Å². The fourth-order valence-corrected chi connectivity index (χ4v) is 3.34. The number of hydrogen-bond acceptors (Lipinski definition) is 3. The molecular weight excluding hydrogens is 244 g/mol. The first-order chi connectivity index (χ1) is 8.66. The van der Waals surface area contributed by atoms with Gasteiger partial charge in [0.05, 0.1) is 0 Å². The van der Waals surface area contributed by atoms with E-state index in [1.54, 1.807) is 11.3 Å². The summed E-state index contributed by atoms with van der Waals surface area (Å²) in [6, 6.07) is 4.78. The van der Waals surface area contributed by atoms with Gasteiger partial charge in [0, 0.05) is 29.9 Å². The number of amides is 1. The van der Waals surface area contributed by atoms with Crippen molar-refractivity contribution in [1.82, 2.24) is 4.90 Å². The smallest absolute Gasteiger partial charge is 0.222 e. The van der Waals surface area contributed by atoms with Gasteiger partial charge in [-0.15, -0.1) is 11.3 Å². The predicted molar refractivity (Wildman–Crippen MR) is 75.6 cm³/mol. The lowest BCUT2D eigenvalue weighted by molar-refractivity contribution is -0.134. The lowest BCUT2D eigenvalue weighted by Gasteiger charge is -2.36. The third-order valence-corrected chi connectivity index (χ3v) is 4.57. The summed E-state index contributed by atoms with van der Waals surface area (Å²) in [5.41, 5.74) is 5.92. The summed E-state index contributed by atoms with van der Waals surface area (Å²) < 4.78 is 0. The third kappa shape index (κ3) is 3.56. The molecule has 0 aromatic carbocycles. The molecule has 3 nitrogen and oxygen atoms in total. The van der Waals surface area contributed by atoms with Gasteiger partial charge in [0.2, 0.25) is 5.91 Å². The molecule has 18 heavy (non-hydrogen) atoms. The van der Waals surface area contributed by atoms with Crippen molar-refractivity contribution in [2.24, 2.45) is 5.73 Å². The van der Waals surface area contributed by atoms with Crippen LogP contribution in [0, 0.1) is 0 Å². The quantitative estimate of drug-likeness (QED) is 0.909. The first-order valence-corrected chi connectivity index (χ1v) is 7.62. The Morgan fingerprint density at radius 1 is 1.61 bits per heavy atom. The molecule has 0 radical (unpaired) electrons. The Morgan fingerprint density at radius 3 is 3.11 bits per heavy atom. The van der Waals surface area contributed by atoms with Crippen molar-refractivity contribution < 1.29 is 4.79 Å². The van der Waals surface area contributed by atoms with Gasteiger partial charge in [-0.2, -0.15) is 0 Å². The number of nitrogens with two attached hydrogens (primary N) is 1. The van der Waals surface area contributed by atoms with Crippen LogP contribution in [0.3, 0.4) is 0 Å². The average Bonchev–Trinajstić information content (AvgIpc) is 2.81. The van der Waals surface area contributed by atoms with Crippen molar-refractivity contribution in [2.75, 3.05) is 6.54 Å². The highest BCUT2D eigenvalue weighted by Gasteiger charge is 2.26. The zero-order chi connectivity index (χ0) is 13.0. The molecule has 0 saturated carbocycles. The first-order valence-electron chi connectivity index (χ1n) is 6.74. The van der Waals surface area contributed by atoms with E-state index in [4.69, 9.17) is 5.73 Å². The molecule has 2 rings (SSSR count). The van der Waals surface area contributed by atoms with E-state index in [1.165, 1.54) is 4.88 Å². The van der Waals surface area contributed by atoms with Crippen molar-refractivity contribution >= 4 is 17.2 Å². The lowest BCUT2D eigenvalue weighted by Crippen LogP contribution is -2.48. The Hall–Kier alpha value is -0.870. The summed E-state index contributed by atoms with van der Waals surface area (Å²) in [6.07, 6.45) is 4.52. The molecule has 2 unspecified atom stereocenters. The second kappa shape index (κ2) is 6.34. The summed E-state index contributed by atoms with van der Waals surface area (Å²) >= 11 is 1.77. The van der Waals surface area contributed by atoms with E-state index in [-0.39, 0.29) is 6.04 Å². The first kappa shape index (κ1) is 13.6. The normalized spacial score (nSPS) is 24.2. The van der Waals surface area contributed by atoms with E-state index >= 15 is 0 Å². The molecule has 0 spiro atoms. The number of carbonyl (C=O) groups is 1. The van der Waals surface area contributed by atoms with Gasteiger partial charge >= 0.3 is 0 Å². The second-order valence-electron chi connectivity index (χ2n) is 5.15. The number of carbonyl (C=O) groups excluding carboxylic acids is 1. The maximum atomic E-state index is 12.1. The SMILES string of the molecule is CC1CC(N)CCN1C(=O)CCCc1cccs1. The van der Waals surface area contributed by atoms with Gasteiger partial charge in [0.15, 0.2) is 0 Å². The predicted octanol–water partition coefficient (Wildman–Crippen LogP) is 2.41. The molecule has 0 bridgehead atoms. The minimum Gasteiger partial charge on any atom is -0.340 e. The van der Waals surface area contributed by atoms with Gasteiger partial charge in [-0.05, 0) is 44.1 Å². The van der Waals surface area contributed by atoms with Crippen LogP contribution in [-0.4, -0.2) is 29.4 Å². The number of rotatable bonds is 4. The zero-order valence-electron chi connectivity index (χ0n) is 11.0. The Morgan fingerprint density at radius 2 is 2.44 bits per heavy atom. The minimum atomic E-state index is 0.273. The molecular formula is C14H22N2OS. The highest BCUT2D eigenvalue weighted by atomic mass is 32.1. The number of aryl methyl sites for hydroxylation is 1. The molecule has 2 atom stereocenters. The summed E-state index contributed by atoms with van der Waals surface area (Å²) in [5, 5.41) is 2.09. The molecule has 1 saturated heterocycles. The summed E-state index contributed by atoms with van der Waals surface area (Å²) in [7, 11) is 0.